The van der Waals surface area contributed by atoms with Crippen molar-refractivity contribution in [2.24, 2.45) is 13.0 Å². The van der Waals surface area contributed by atoms with Gasteiger partial charge in [-0.25, -0.2) is 0 Å². The molecule has 30 heavy (non-hydrogen) atoms. The van der Waals surface area contributed by atoms with Gasteiger partial charge in [-0.1, -0.05) is 18.9 Å². The van der Waals surface area contributed by atoms with Gasteiger partial charge in [-0.2, -0.15) is 5.10 Å². The minimum atomic E-state index is -0.324. The Balaban J connectivity index is 0.00000218. The summed E-state index contributed by atoms with van der Waals surface area (Å²) in [5.41, 5.74) is 1.92. The molecule has 5 rings (SSSR count). The lowest BCUT2D eigenvalue weighted by molar-refractivity contribution is -0.127. The van der Waals surface area contributed by atoms with Gasteiger partial charge < -0.3 is 20.1 Å². The molecule has 2 N–H and O–H groups in total. The van der Waals surface area contributed by atoms with E-state index in [-0.39, 0.29) is 35.7 Å². The predicted octanol–water partition coefficient (Wildman–Crippen LogP) is 2.50. The Kier molecular flexibility index (Phi) is 5.93. The first-order valence-electron chi connectivity index (χ1n) is 10.6. The molecule has 0 unspecified atom stereocenters. The molecule has 2 atom stereocenters. The second kappa shape index (κ2) is 8.47. The van der Waals surface area contributed by atoms with Gasteiger partial charge in [0.2, 0.25) is 5.91 Å². The Morgan fingerprint density at radius 1 is 1.20 bits per heavy atom. The zero-order chi connectivity index (χ0) is 19.8. The van der Waals surface area contributed by atoms with E-state index < -0.39 is 0 Å². The number of amides is 1. The van der Waals surface area contributed by atoms with E-state index in [4.69, 9.17) is 9.47 Å². The summed E-state index contributed by atoms with van der Waals surface area (Å²) >= 11 is 0. The van der Waals surface area contributed by atoms with Gasteiger partial charge in [-0.15, -0.1) is 12.4 Å². The van der Waals surface area contributed by atoms with E-state index in [2.05, 4.69) is 27.9 Å². The van der Waals surface area contributed by atoms with Crippen molar-refractivity contribution >= 4 is 18.3 Å². The Morgan fingerprint density at radius 3 is 2.70 bits per heavy atom. The van der Waals surface area contributed by atoms with Crippen LogP contribution in [0.2, 0.25) is 0 Å². The summed E-state index contributed by atoms with van der Waals surface area (Å²) in [4.78, 5) is 13.4. The average Bonchev–Trinajstić information content (AvgIpc) is 3.48. The molecule has 0 radical (unpaired) electrons. The maximum absolute atomic E-state index is 13.4. The molecule has 1 saturated carbocycles. The van der Waals surface area contributed by atoms with E-state index in [1.54, 1.807) is 4.68 Å². The number of hydrogen-bond donors (Lipinski definition) is 2. The molecule has 1 aromatic heterocycles. The maximum atomic E-state index is 13.4. The second-order valence-corrected chi connectivity index (χ2v) is 8.46. The maximum Gasteiger partial charge on any atom is 0.225 e. The van der Waals surface area contributed by atoms with Gasteiger partial charge in [0.05, 0.1) is 17.7 Å². The Morgan fingerprint density at radius 2 is 1.97 bits per heavy atom. The molecule has 0 bridgehead atoms. The van der Waals surface area contributed by atoms with E-state index in [0.717, 1.165) is 54.9 Å². The fraction of sp³-hybridized carbons (Fsp3) is 0.545. The van der Waals surface area contributed by atoms with Crippen LogP contribution in [-0.4, -0.2) is 42.0 Å². The van der Waals surface area contributed by atoms with Crippen LogP contribution in [-0.2, 0) is 17.4 Å². The van der Waals surface area contributed by atoms with Crippen LogP contribution in [0.5, 0.6) is 11.5 Å². The molecular weight excluding hydrogens is 404 g/mol. The summed E-state index contributed by atoms with van der Waals surface area (Å²) in [5.74, 6) is 1.76. The summed E-state index contributed by atoms with van der Waals surface area (Å²) < 4.78 is 13.3. The smallest absolute Gasteiger partial charge is 0.225 e. The minimum Gasteiger partial charge on any atom is -0.486 e. The zero-order valence-electron chi connectivity index (χ0n) is 17.2. The van der Waals surface area contributed by atoms with Gasteiger partial charge in [-0.05, 0) is 36.1 Å². The molecule has 1 saturated heterocycles. The van der Waals surface area contributed by atoms with Gasteiger partial charge in [0.1, 0.15) is 13.2 Å². The van der Waals surface area contributed by atoms with Crippen LogP contribution in [0.3, 0.4) is 0 Å². The number of nitrogens with zero attached hydrogens (tertiary/aromatic N) is 2. The highest BCUT2D eigenvalue weighted by Crippen LogP contribution is 2.43. The summed E-state index contributed by atoms with van der Waals surface area (Å²) in [5, 5.41) is 11.1. The van der Waals surface area contributed by atoms with Crippen molar-refractivity contribution in [3.63, 3.8) is 0 Å². The lowest BCUT2D eigenvalue weighted by Crippen LogP contribution is -2.47. The second-order valence-electron chi connectivity index (χ2n) is 8.46. The van der Waals surface area contributed by atoms with Gasteiger partial charge >= 0.3 is 0 Å². The highest BCUT2D eigenvalue weighted by atomic mass is 35.5. The SMILES string of the molecule is Cl.Cn1cc([C@H]2CNC[C@@H]2C(=O)NC2(c3ccc4c(c3)OCCO4)CCCC2)cn1. The van der Waals surface area contributed by atoms with Crippen molar-refractivity contribution in [3.8, 4) is 11.5 Å². The lowest BCUT2D eigenvalue weighted by atomic mass is 9.85. The number of halogens is 1. The summed E-state index contributed by atoms with van der Waals surface area (Å²) in [6.07, 6.45) is 8.04. The Bertz CT molecular complexity index is 910. The van der Waals surface area contributed by atoms with Gasteiger partial charge in [-0.3, -0.25) is 9.48 Å². The first-order valence-corrected chi connectivity index (χ1v) is 10.6. The monoisotopic (exact) mass is 432 g/mol. The molecule has 3 heterocycles. The number of rotatable bonds is 4. The molecule has 3 aliphatic rings. The third kappa shape index (κ3) is 3.76. The molecule has 8 heteroatoms. The normalized spacial score (nSPS) is 24.3. The molecule has 2 aliphatic heterocycles. The first kappa shape index (κ1) is 21.0. The van der Waals surface area contributed by atoms with Crippen molar-refractivity contribution < 1.29 is 14.3 Å². The standard InChI is InChI=1S/C22H28N4O3.ClH/c1-26-14-15(11-24-26)17-12-23-13-18(17)21(27)25-22(6-2-3-7-22)16-4-5-19-20(10-16)29-9-8-28-19;/h4-5,10-11,14,17-18,23H,2-3,6-9,12-13H2,1H3,(H,25,27);1H/t17-,18+;/m1./s1. The highest BCUT2D eigenvalue weighted by Gasteiger charge is 2.42. The van der Waals surface area contributed by atoms with E-state index in [1.165, 1.54) is 0 Å². The van der Waals surface area contributed by atoms with E-state index in [9.17, 15) is 4.79 Å². The van der Waals surface area contributed by atoms with E-state index >= 15 is 0 Å². The molecule has 2 fully saturated rings. The number of carbonyl (C=O) groups is 1. The average molecular weight is 433 g/mol. The van der Waals surface area contributed by atoms with E-state index in [1.807, 2.05) is 25.5 Å². The number of benzene rings is 1. The van der Waals surface area contributed by atoms with Gasteiger partial charge in [0.25, 0.3) is 0 Å². The third-order valence-corrected chi connectivity index (χ3v) is 6.62. The molecule has 162 valence electrons. The minimum absolute atomic E-state index is 0. The van der Waals surface area contributed by atoms with Crippen LogP contribution in [0.15, 0.2) is 30.6 Å². The summed E-state index contributed by atoms with van der Waals surface area (Å²) in [6.45, 7) is 2.65. The van der Waals surface area contributed by atoms with Crippen LogP contribution in [0.4, 0.5) is 0 Å². The van der Waals surface area contributed by atoms with Crippen LogP contribution >= 0.6 is 12.4 Å². The van der Waals surface area contributed by atoms with E-state index in [0.29, 0.717) is 19.8 Å². The molecule has 0 spiro atoms. The van der Waals surface area contributed by atoms with Crippen molar-refractivity contribution in [1.82, 2.24) is 20.4 Å². The topological polar surface area (TPSA) is 77.4 Å². The lowest BCUT2D eigenvalue weighted by Gasteiger charge is -2.34. The van der Waals surface area contributed by atoms with Crippen molar-refractivity contribution in [3.05, 3.63) is 41.7 Å². The first-order chi connectivity index (χ1) is 14.1. The number of aryl methyl sites for hydroxylation is 1. The van der Waals surface area contributed by atoms with Gasteiger partial charge in [0, 0.05) is 32.3 Å². The quantitative estimate of drug-likeness (QED) is 0.776. The fourth-order valence-corrected chi connectivity index (χ4v) is 5.07. The van der Waals surface area contributed by atoms with Gasteiger partial charge in [0.15, 0.2) is 11.5 Å². The number of nitrogens with one attached hydrogen (secondary N) is 2. The molecule has 7 nitrogen and oxygen atoms in total. The van der Waals surface area contributed by atoms with Crippen molar-refractivity contribution in [1.29, 1.82) is 0 Å². The van der Waals surface area contributed by atoms with Crippen LogP contribution in [0, 0.1) is 5.92 Å². The molecule has 1 aromatic carbocycles. The third-order valence-electron chi connectivity index (χ3n) is 6.62. The van der Waals surface area contributed by atoms with Crippen LogP contribution in [0.25, 0.3) is 0 Å². The zero-order valence-corrected chi connectivity index (χ0v) is 18.0. The van der Waals surface area contributed by atoms with Crippen molar-refractivity contribution in [2.75, 3.05) is 26.3 Å². The molecule has 2 aromatic rings. The largest absolute Gasteiger partial charge is 0.486 e. The number of aromatic nitrogens is 2. The molecular formula is C22H29ClN4O3. The summed E-state index contributed by atoms with van der Waals surface area (Å²) in [7, 11) is 1.91. The molecule has 1 amide bonds. The summed E-state index contributed by atoms with van der Waals surface area (Å²) in [6, 6.07) is 6.13. The van der Waals surface area contributed by atoms with Crippen LogP contribution in [0.1, 0.15) is 42.7 Å². The van der Waals surface area contributed by atoms with Crippen LogP contribution < -0.4 is 20.1 Å². The predicted molar refractivity (Wildman–Crippen MR) is 115 cm³/mol. The number of ether oxygens (including phenoxy) is 2. The Labute approximate surface area is 182 Å². The molecule has 1 aliphatic carbocycles. The number of hydrogen-bond acceptors (Lipinski definition) is 5. The van der Waals surface area contributed by atoms with Crippen molar-refractivity contribution in [2.45, 2.75) is 37.1 Å². The fourth-order valence-electron chi connectivity index (χ4n) is 5.07. The number of carbonyl (C=O) groups excluding carboxylic acids is 1. The number of fused-ring (bicyclic) bond motifs is 1. The highest BCUT2D eigenvalue weighted by molar-refractivity contribution is 5.85. The Hall–Kier alpha value is -2.25.